The van der Waals surface area contributed by atoms with Crippen molar-refractivity contribution in [2.45, 2.75) is 13.8 Å². The van der Waals surface area contributed by atoms with Crippen molar-refractivity contribution in [3.8, 4) is 0 Å². The second-order valence-corrected chi connectivity index (χ2v) is 8.15. The highest BCUT2D eigenvalue weighted by molar-refractivity contribution is 6.35. The Morgan fingerprint density at radius 1 is 0.800 bits per heavy atom. The Bertz CT molecular complexity index is 1160. The molecule has 0 bridgehead atoms. The van der Waals surface area contributed by atoms with E-state index in [0.717, 1.165) is 16.9 Å². The number of aromatic nitrogens is 2. The molecule has 0 aliphatic carbocycles. The third kappa shape index (κ3) is 3.98. The molecule has 0 saturated carbocycles. The first kappa shape index (κ1) is 20.6. The molecule has 0 atom stereocenters. The van der Waals surface area contributed by atoms with Crippen LogP contribution in [0.1, 0.15) is 32.1 Å². The zero-order valence-electron chi connectivity index (χ0n) is 16.7. The number of fused-ring (bicyclic) bond motifs is 1. The number of nitrogens with zero attached hydrogens (tertiary/aromatic N) is 4. The maximum absolute atomic E-state index is 13.0. The van der Waals surface area contributed by atoms with Crippen molar-refractivity contribution in [2.75, 3.05) is 26.2 Å². The third-order valence-electron chi connectivity index (χ3n) is 5.34. The van der Waals surface area contributed by atoms with Crippen LogP contribution in [-0.2, 0) is 0 Å². The van der Waals surface area contributed by atoms with Crippen LogP contribution in [0.15, 0.2) is 36.4 Å². The molecule has 2 heterocycles. The standard InChI is InChI=1S/C22H20Cl2N4O2/c1-13-14(2)26-20-11-15(3-6-19(20)25-13)21(29)27-7-9-28(10-8-27)22(30)17-12-16(23)4-5-18(17)24/h3-6,11-12H,7-10H2,1-2H3. The summed E-state index contributed by atoms with van der Waals surface area (Å²) in [6, 6.07) is 10.2. The summed E-state index contributed by atoms with van der Waals surface area (Å²) in [5.74, 6) is -0.258. The number of piperazine rings is 1. The largest absolute Gasteiger partial charge is 0.335 e. The molecule has 1 aromatic heterocycles. The van der Waals surface area contributed by atoms with Gasteiger partial charge in [-0.1, -0.05) is 23.2 Å². The molecule has 4 rings (SSSR count). The number of rotatable bonds is 2. The van der Waals surface area contributed by atoms with Crippen molar-refractivity contribution in [1.82, 2.24) is 19.8 Å². The molecule has 1 aliphatic heterocycles. The van der Waals surface area contributed by atoms with E-state index in [1.165, 1.54) is 0 Å². The minimum absolute atomic E-state index is 0.0789. The third-order valence-corrected chi connectivity index (χ3v) is 5.90. The Morgan fingerprint density at radius 3 is 2.07 bits per heavy atom. The highest BCUT2D eigenvalue weighted by Gasteiger charge is 2.27. The number of carbonyl (C=O) groups is 2. The molecule has 30 heavy (non-hydrogen) atoms. The van der Waals surface area contributed by atoms with Crippen molar-refractivity contribution in [2.24, 2.45) is 0 Å². The lowest BCUT2D eigenvalue weighted by molar-refractivity contribution is 0.0535. The Morgan fingerprint density at radius 2 is 1.40 bits per heavy atom. The minimum atomic E-state index is -0.179. The molecule has 1 fully saturated rings. The summed E-state index contributed by atoms with van der Waals surface area (Å²) in [5.41, 5.74) is 4.14. The van der Waals surface area contributed by atoms with Crippen LogP contribution in [0.25, 0.3) is 11.0 Å². The van der Waals surface area contributed by atoms with Crippen LogP contribution in [0, 0.1) is 13.8 Å². The summed E-state index contributed by atoms with van der Waals surface area (Å²) in [7, 11) is 0. The number of hydrogen-bond donors (Lipinski definition) is 0. The lowest BCUT2D eigenvalue weighted by Crippen LogP contribution is -2.50. The highest BCUT2D eigenvalue weighted by atomic mass is 35.5. The topological polar surface area (TPSA) is 66.4 Å². The average molecular weight is 443 g/mol. The Kier molecular flexibility index (Phi) is 5.62. The van der Waals surface area contributed by atoms with Crippen LogP contribution in [0.2, 0.25) is 10.0 Å². The van der Waals surface area contributed by atoms with Crippen LogP contribution < -0.4 is 0 Å². The van der Waals surface area contributed by atoms with Gasteiger partial charge in [-0.05, 0) is 50.2 Å². The van der Waals surface area contributed by atoms with Crippen LogP contribution >= 0.6 is 23.2 Å². The van der Waals surface area contributed by atoms with Crippen molar-refractivity contribution in [3.05, 3.63) is 69.0 Å². The number of hydrogen-bond acceptors (Lipinski definition) is 4. The molecule has 154 valence electrons. The van der Waals surface area contributed by atoms with Crippen molar-refractivity contribution >= 4 is 46.0 Å². The predicted molar refractivity (Wildman–Crippen MR) is 117 cm³/mol. The van der Waals surface area contributed by atoms with E-state index in [1.54, 1.807) is 40.1 Å². The van der Waals surface area contributed by atoms with Crippen LogP contribution in [0.4, 0.5) is 0 Å². The van der Waals surface area contributed by atoms with E-state index in [9.17, 15) is 9.59 Å². The zero-order chi connectivity index (χ0) is 21.4. The van der Waals surface area contributed by atoms with Gasteiger partial charge in [0.15, 0.2) is 0 Å². The van der Waals surface area contributed by atoms with Gasteiger partial charge in [0.2, 0.25) is 0 Å². The van der Waals surface area contributed by atoms with Gasteiger partial charge in [-0.2, -0.15) is 0 Å². The molecule has 2 amide bonds. The van der Waals surface area contributed by atoms with E-state index in [0.29, 0.717) is 52.9 Å². The molecule has 0 N–H and O–H groups in total. The van der Waals surface area contributed by atoms with E-state index in [2.05, 4.69) is 9.97 Å². The lowest BCUT2D eigenvalue weighted by atomic mass is 10.1. The first-order valence-corrected chi connectivity index (χ1v) is 10.4. The van der Waals surface area contributed by atoms with E-state index in [-0.39, 0.29) is 11.8 Å². The number of aryl methyl sites for hydroxylation is 2. The van der Waals surface area contributed by atoms with Crippen molar-refractivity contribution in [3.63, 3.8) is 0 Å². The summed E-state index contributed by atoms with van der Waals surface area (Å²) in [6.07, 6.45) is 0. The zero-order valence-corrected chi connectivity index (χ0v) is 18.2. The van der Waals surface area contributed by atoms with Crippen molar-refractivity contribution < 1.29 is 9.59 Å². The number of benzene rings is 2. The molecule has 1 aliphatic rings. The van der Waals surface area contributed by atoms with E-state index < -0.39 is 0 Å². The van der Waals surface area contributed by atoms with Gasteiger partial charge in [0.25, 0.3) is 11.8 Å². The number of carbonyl (C=O) groups excluding carboxylic acids is 2. The molecule has 3 aromatic rings. The fourth-order valence-electron chi connectivity index (χ4n) is 3.49. The summed E-state index contributed by atoms with van der Waals surface area (Å²) in [5, 5.41) is 0.826. The first-order chi connectivity index (χ1) is 14.3. The first-order valence-electron chi connectivity index (χ1n) is 9.62. The molecule has 1 saturated heterocycles. The van der Waals surface area contributed by atoms with Gasteiger partial charge in [-0.3, -0.25) is 9.59 Å². The monoisotopic (exact) mass is 442 g/mol. The molecule has 6 nitrogen and oxygen atoms in total. The quantitative estimate of drug-likeness (QED) is 0.597. The SMILES string of the molecule is Cc1nc2ccc(C(=O)N3CCN(C(=O)c4cc(Cl)ccc4Cl)CC3)cc2nc1C. The predicted octanol–water partition coefficient (Wildman–Crippen LogP) is 4.15. The normalized spacial score (nSPS) is 14.3. The molecular weight excluding hydrogens is 423 g/mol. The lowest BCUT2D eigenvalue weighted by Gasteiger charge is -2.35. The van der Waals surface area contributed by atoms with Gasteiger partial charge >= 0.3 is 0 Å². The Hall–Kier alpha value is -2.70. The highest BCUT2D eigenvalue weighted by Crippen LogP contribution is 2.23. The second-order valence-electron chi connectivity index (χ2n) is 7.31. The van der Waals surface area contributed by atoms with Gasteiger partial charge in [-0.25, -0.2) is 9.97 Å². The number of halogens is 2. The van der Waals surface area contributed by atoms with Gasteiger partial charge in [0.1, 0.15) is 0 Å². The van der Waals surface area contributed by atoms with Gasteiger partial charge in [0.05, 0.1) is 33.0 Å². The van der Waals surface area contributed by atoms with Gasteiger partial charge in [-0.15, -0.1) is 0 Å². The van der Waals surface area contributed by atoms with Crippen LogP contribution in [-0.4, -0.2) is 57.8 Å². The van der Waals surface area contributed by atoms with E-state index in [4.69, 9.17) is 23.2 Å². The molecule has 0 radical (unpaired) electrons. The Balaban J connectivity index is 1.47. The van der Waals surface area contributed by atoms with Gasteiger partial charge < -0.3 is 9.80 Å². The van der Waals surface area contributed by atoms with Crippen molar-refractivity contribution in [1.29, 1.82) is 0 Å². The van der Waals surface area contributed by atoms with E-state index in [1.807, 2.05) is 19.9 Å². The maximum atomic E-state index is 13.0. The average Bonchev–Trinajstić information content (AvgIpc) is 2.75. The van der Waals surface area contributed by atoms with E-state index >= 15 is 0 Å². The summed E-state index contributed by atoms with van der Waals surface area (Å²) in [6.45, 7) is 5.56. The summed E-state index contributed by atoms with van der Waals surface area (Å²) >= 11 is 12.2. The van der Waals surface area contributed by atoms with Crippen LogP contribution in [0.5, 0.6) is 0 Å². The molecular formula is C22H20Cl2N4O2. The maximum Gasteiger partial charge on any atom is 0.255 e. The second kappa shape index (κ2) is 8.20. The minimum Gasteiger partial charge on any atom is -0.335 e. The number of amides is 2. The summed E-state index contributed by atoms with van der Waals surface area (Å²) in [4.78, 5) is 38.3. The fraction of sp³-hybridized carbons (Fsp3) is 0.273. The smallest absolute Gasteiger partial charge is 0.255 e. The van der Waals surface area contributed by atoms with Crippen LogP contribution in [0.3, 0.4) is 0 Å². The summed E-state index contributed by atoms with van der Waals surface area (Å²) < 4.78 is 0. The van der Waals surface area contributed by atoms with Gasteiger partial charge in [0, 0.05) is 36.8 Å². The molecule has 0 spiro atoms. The molecule has 0 unspecified atom stereocenters. The Labute approximate surface area is 184 Å². The molecule has 2 aromatic carbocycles. The fourth-order valence-corrected chi connectivity index (χ4v) is 3.86. The molecule has 8 heteroatoms.